The van der Waals surface area contributed by atoms with E-state index >= 15 is 0 Å². The van der Waals surface area contributed by atoms with Gasteiger partial charge in [0.15, 0.2) is 11.5 Å². The minimum atomic E-state index is -0.798. The number of hydrogen-bond donors (Lipinski definition) is 1. The molecule has 1 saturated heterocycles. The van der Waals surface area contributed by atoms with Gasteiger partial charge in [-0.3, -0.25) is 0 Å². The molecule has 6 nitrogen and oxygen atoms in total. The highest BCUT2D eigenvalue weighted by atomic mass is 16.5. The molecule has 1 N–H and O–H groups in total. The van der Waals surface area contributed by atoms with Gasteiger partial charge in [-0.25, -0.2) is 9.79 Å². The molecule has 1 atom stereocenters. The quantitative estimate of drug-likeness (QED) is 0.893. The van der Waals surface area contributed by atoms with E-state index < -0.39 is 12.0 Å². The van der Waals surface area contributed by atoms with Gasteiger partial charge in [0, 0.05) is 24.6 Å². The first kappa shape index (κ1) is 16.4. The number of nitrogens with zero attached hydrogens (tertiary/aromatic N) is 2. The number of fused-ring (bicyclic) bond motifs is 2. The predicted octanol–water partition coefficient (Wildman–Crippen LogP) is 3.37. The number of carboxylic acid groups (broad SMARTS) is 1. The van der Waals surface area contributed by atoms with E-state index in [4.69, 9.17) is 9.47 Å². The third-order valence-electron chi connectivity index (χ3n) is 4.83. The highest BCUT2D eigenvalue weighted by Gasteiger charge is 2.37. The Morgan fingerprint density at radius 1 is 1.27 bits per heavy atom. The van der Waals surface area contributed by atoms with Crippen molar-refractivity contribution in [3.63, 3.8) is 0 Å². The number of aliphatic carboxylic acids is 1. The van der Waals surface area contributed by atoms with Crippen molar-refractivity contribution >= 4 is 17.5 Å². The number of rotatable bonds is 5. The first-order valence-corrected chi connectivity index (χ1v) is 8.60. The van der Waals surface area contributed by atoms with Crippen LogP contribution in [0.2, 0.25) is 0 Å². The molecule has 0 aliphatic carbocycles. The van der Waals surface area contributed by atoms with Gasteiger partial charge in [-0.1, -0.05) is 30.3 Å². The molecule has 2 aromatic rings. The normalized spacial score (nSPS) is 18.0. The minimum absolute atomic E-state index is 0.436. The van der Waals surface area contributed by atoms with E-state index in [9.17, 15) is 9.90 Å². The maximum Gasteiger partial charge on any atom is 0.326 e. The van der Waals surface area contributed by atoms with Crippen molar-refractivity contribution < 1.29 is 19.4 Å². The topological polar surface area (TPSA) is 71.4 Å². The summed E-state index contributed by atoms with van der Waals surface area (Å²) in [6.07, 6.45) is 1.28. The van der Waals surface area contributed by atoms with Crippen LogP contribution in [0.5, 0.6) is 11.5 Å². The number of benzene rings is 2. The highest BCUT2D eigenvalue weighted by Crippen LogP contribution is 2.40. The number of ether oxygens (including phenoxy) is 2. The largest absolute Gasteiger partial charge is 0.493 e. The summed E-state index contributed by atoms with van der Waals surface area (Å²) in [6, 6.07) is 13.2. The van der Waals surface area contributed by atoms with Crippen LogP contribution in [0.1, 0.15) is 24.0 Å². The summed E-state index contributed by atoms with van der Waals surface area (Å²) in [6.45, 7) is 0.961. The summed E-state index contributed by atoms with van der Waals surface area (Å²) >= 11 is 0. The molecular formula is C20H20N2O4. The monoisotopic (exact) mass is 352 g/mol. The molecule has 2 heterocycles. The van der Waals surface area contributed by atoms with Crippen LogP contribution in [0, 0.1) is 0 Å². The number of methoxy groups -OCH3 is 1. The third kappa shape index (κ3) is 2.98. The van der Waals surface area contributed by atoms with Crippen LogP contribution in [-0.2, 0) is 17.9 Å². The van der Waals surface area contributed by atoms with Crippen LogP contribution < -0.4 is 9.47 Å². The van der Waals surface area contributed by atoms with Gasteiger partial charge in [-0.2, -0.15) is 0 Å². The van der Waals surface area contributed by atoms with Gasteiger partial charge >= 0.3 is 5.97 Å². The molecule has 0 saturated carbocycles. The second-order valence-corrected chi connectivity index (χ2v) is 6.45. The van der Waals surface area contributed by atoms with Gasteiger partial charge in [0.25, 0.3) is 0 Å². The lowest BCUT2D eigenvalue weighted by atomic mass is 10.1. The van der Waals surface area contributed by atoms with E-state index in [0.29, 0.717) is 37.5 Å². The first-order chi connectivity index (χ1) is 12.7. The Morgan fingerprint density at radius 2 is 2.08 bits per heavy atom. The van der Waals surface area contributed by atoms with E-state index in [1.54, 1.807) is 7.11 Å². The van der Waals surface area contributed by atoms with Gasteiger partial charge in [0.05, 0.1) is 12.8 Å². The van der Waals surface area contributed by atoms with Gasteiger partial charge in [0.1, 0.15) is 18.5 Å². The van der Waals surface area contributed by atoms with Crippen molar-refractivity contribution in [3.05, 3.63) is 53.6 Å². The number of carbonyl (C=O) groups is 1. The lowest BCUT2D eigenvalue weighted by molar-refractivity contribution is -0.141. The second-order valence-electron chi connectivity index (χ2n) is 6.45. The van der Waals surface area contributed by atoms with E-state index in [0.717, 1.165) is 22.6 Å². The van der Waals surface area contributed by atoms with Gasteiger partial charge < -0.3 is 19.5 Å². The fourth-order valence-electron chi connectivity index (χ4n) is 3.48. The molecule has 6 heteroatoms. The third-order valence-corrected chi connectivity index (χ3v) is 4.83. The van der Waals surface area contributed by atoms with Crippen molar-refractivity contribution in [2.75, 3.05) is 7.11 Å². The van der Waals surface area contributed by atoms with Crippen LogP contribution in [-0.4, -0.2) is 35.0 Å². The van der Waals surface area contributed by atoms with Crippen molar-refractivity contribution in [2.24, 2.45) is 4.99 Å². The van der Waals surface area contributed by atoms with E-state index in [2.05, 4.69) is 4.99 Å². The molecule has 1 fully saturated rings. The maximum atomic E-state index is 11.5. The first-order valence-electron chi connectivity index (χ1n) is 8.60. The van der Waals surface area contributed by atoms with E-state index in [1.807, 2.05) is 47.4 Å². The highest BCUT2D eigenvalue weighted by molar-refractivity contribution is 5.94. The Balaban J connectivity index is 1.61. The Labute approximate surface area is 151 Å². The summed E-state index contributed by atoms with van der Waals surface area (Å²) < 4.78 is 11.4. The standard InChI is InChI=1S/C20H20N2O4/c1-25-17-10-15-14(9-18(17)26-12-13-5-3-2-4-6-13)11-22-16(20(23)24)7-8-19(22)21-15/h2-6,9-10,16H,7-8,11-12H2,1H3,(H,23,24)/t16-/m0/s1. The number of carboxylic acids is 1. The molecule has 2 aliphatic heterocycles. The van der Waals surface area contributed by atoms with Gasteiger partial charge in [-0.05, 0) is 18.1 Å². The predicted molar refractivity (Wildman–Crippen MR) is 97.1 cm³/mol. The van der Waals surface area contributed by atoms with E-state index in [-0.39, 0.29) is 0 Å². The van der Waals surface area contributed by atoms with E-state index in [1.165, 1.54) is 0 Å². The molecule has 134 valence electrons. The molecule has 0 spiro atoms. The second kappa shape index (κ2) is 6.71. The van der Waals surface area contributed by atoms with Gasteiger partial charge in [0.2, 0.25) is 0 Å². The Hall–Kier alpha value is -3.02. The van der Waals surface area contributed by atoms with Crippen LogP contribution >= 0.6 is 0 Å². The Morgan fingerprint density at radius 3 is 2.81 bits per heavy atom. The zero-order valence-electron chi connectivity index (χ0n) is 14.5. The maximum absolute atomic E-state index is 11.5. The van der Waals surface area contributed by atoms with Crippen LogP contribution in [0.3, 0.4) is 0 Å². The van der Waals surface area contributed by atoms with Crippen LogP contribution in [0.15, 0.2) is 47.5 Å². The van der Waals surface area contributed by atoms with Crippen molar-refractivity contribution in [3.8, 4) is 11.5 Å². The summed E-state index contributed by atoms with van der Waals surface area (Å²) in [5.74, 6) is 1.31. The fraction of sp³-hybridized carbons (Fsp3) is 0.300. The summed E-state index contributed by atoms with van der Waals surface area (Å²) in [4.78, 5) is 18.0. The fourth-order valence-corrected chi connectivity index (χ4v) is 3.48. The number of hydrogen-bond acceptors (Lipinski definition) is 5. The number of aliphatic imine (C=N–C) groups is 1. The molecule has 2 aromatic carbocycles. The summed E-state index contributed by atoms with van der Waals surface area (Å²) in [5.41, 5.74) is 2.84. The van der Waals surface area contributed by atoms with Gasteiger partial charge in [-0.15, -0.1) is 0 Å². The van der Waals surface area contributed by atoms with Crippen LogP contribution in [0.25, 0.3) is 0 Å². The molecule has 4 rings (SSSR count). The molecule has 26 heavy (non-hydrogen) atoms. The molecule has 0 bridgehead atoms. The molecule has 0 aromatic heterocycles. The lowest BCUT2D eigenvalue weighted by Crippen LogP contribution is -2.39. The molecule has 2 aliphatic rings. The summed E-state index contributed by atoms with van der Waals surface area (Å²) in [5, 5.41) is 9.41. The smallest absolute Gasteiger partial charge is 0.326 e. The summed E-state index contributed by atoms with van der Waals surface area (Å²) in [7, 11) is 1.61. The lowest BCUT2D eigenvalue weighted by Gasteiger charge is -2.29. The average Bonchev–Trinajstić information content (AvgIpc) is 3.07. The minimum Gasteiger partial charge on any atom is -0.493 e. The molecule has 0 unspecified atom stereocenters. The van der Waals surface area contributed by atoms with Crippen LogP contribution in [0.4, 0.5) is 5.69 Å². The average molecular weight is 352 g/mol. The zero-order valence-corrected chi connectivity index (χ0v) is 14.5. The van der Waals surface area contributed by atoms with Crippen molar-refractivity contribution in [1.82, 2.24) is 4.90 Å². The number of amidine groups is 1. The zero-order chi connectivity index (χ0) is 18.1. The Bertz CT molecular complexity index is 864. The van der Waals surface area contributed by atoms with Crippen molar-refractivity contribution in [1.29, 1.82) is 0 Å². The molecular weight excluding hydrogens is 332 g/mol. The SMILES string of the molecule is COc1cc2c(cc1OCc1ccccc1)CN1C(=N2)CC[C@H]1C(=O)O. The molecule has 0 amide bonds. The van der Waals surface area contributed by atoms with Crippen molar-refractivity contribution in [2.45, 2.75) is 32.0 Å². The molecule has 0 radical (unpaired) electrons. The Kier molecular flexibility index (Phi) is 4.24.